The summed E-state index contributed by atoms with van der Waals surface area (Å²) < 4.78 is 37.3. The molecule has 0 fully saturated rings. The minimum absolute atomic E-state index is 0.178. The van der Waals surface area contributed by atoms with Crippen molar-refractivity contribution in [2.24, 2.45) is 0 Å². The summed E-state index contributed by atoms with van der Waals surface area (Å²) in [5, 5.41) is 0. The van der Waals surface area contributed by atoms with Crippen LogP contribution in [0.15, 0.2) is 41.3 Å². The highest BCUT2D eigenvalue weighted by molar-refractivity contribution is 7.85. The Hall–Kier alpha value is -1.70. The Balaban J connectivity index is 0.000000502. The molecule has 0 atom stereocenters. The van der Waals surface area contributed by atoms with Crippen LogP contribution in [-0.4, -0.2) is 56.2 Å². The first-order valence-corrected chi connectivity index (χ1v) is 10.1. The normalized spacial score (nSPS) is 11.3. The number of quaternary nitrogens is 1. The maximum atomic E-state index is 11.2. The molecule has 0 aliphatic rings. The van der Waals surface area contributed by atoms with Gasteiger partial charge in [-0.25, -0.2) is 13.2 Å². The van der Waals surface area contributed by atoms with Gasteiger partial charge in [0.15, 0.2) is 0 Å². The predicted molar refractivity (Wildman–Crippen MR) is 102 cm³/mol. The zero-order chi connectivity index (χ0) is 20.4. The van der Waals surface area contributed by atoms with Crippen molar-refractivity contribution in [3.8, 4) is 0 Å². The number of hydrogen-bond acceptors (Lipinski definition) is 5. The molecule has 0 N–H and O–H groups in total. The minimum atomic E-state index is -4.27. The average Bonchev–Trinajstić information content (AvgIpc) is 2.59. The summed E-state index contributed by atoms with van der Waals surface area (Å²) in [6.07, 6.45) is 0. The fraction of sp³-hybridized carbons (Fsp3) is 0.526. The van der Waals surface area contributed by atoms with Gasteiger partial charge >= 0.3 is 5.97 Å². The van der Waals surface area contributed by atoms with E-state index in [0.29, 0.717) is 12.2 Å². The number of ether oxygens (including phenoxy) is 1. The lowest BCUT2D eigenvalue weighted by molar-refractivity contribution is -0.923. The molecule has 7 heteroatoms. The fourth-order valence-corrected chi connectivity index (χ4v) is 2.77. The highest BCUT2D eigenvalue weighted by Crippen LogP contribution is 2.08. The van der Waals surface area contributed by atoms with Crippen LogP contribution in [0.1, 0.15) is 33.3 Å². The molecule has 0 unspecified atom stereocenters. The van der Waals surface area contributed by atoms with Crippen molar-refractivity contribution in [2.75, 3.05) is 32.8 Å². The molecule has 1 rings (SSSR count). The second-order valence-corrected chi connectivity index (χ2v) is 7.58. The molecule has 6 nitrogen and oxygen atoms in total. The Labute approximate surface area is 157 Å². The Bertz CT molecular complexity index is 668. The van der Waals surface area contributed by atoms with Crippen LogP contribution >= 0.6 is 0 Å². The lowest BCUT2D eigenvalue weighted by atomic mass is 10.2. The molecule has 0 bridgehead atoms. The van der Waals surface area contributed by atoms with E-state index in [1.54, 1.807) is 19.1 Å². The summed E-state index contributed by atoms with van der Waals surface area (Å²) in [6, 6.07) is 5.78. The van der Waals surface area contributed by atoms with Crippen LogP contribution < -0.4 is 0 Å². The summed E-state index contributed by atoms with van der Waals surface area (Å²) in [6.45, 7) is 18.2. The van der Waals surface area contributed by atoms with Gasteiger partial charge in [-0.3, -0.25) is 0 Å². The van der Waals surface area contributed by atoms with Crippen molar-refractivity contribution in [1.82, 2.24) is 0 Å². The number of nitrogens with zero attached hydrogens (tertiary/aromatic N) is 1. The van der Waals surface area contributed by atoms with Crippen molar-refractivity contribution >= 4 is 16.1 Å². The molecule has 0 aliphatic heterocycles. The Morgan fingerprint density at radius 1 is 1.12 bits per heavy atom. The van der Waals surface area contributed by atoms with Crippen molar-refractivity contribution in [1.29, 1.82) is 0 Å². The third-order valence-electron chi connectivity index (χ3n) is 4.47. The smallest absolute Gasteiger partial charge is 0.333 e. The topological polar surface area (TPSA) is 83.5 Å². The van der Waals surface area contributed by atoms with Crippen LogP contribution in [0, 0.1) is 6.92 Å². The molecule has 0 heterocycles. The average molecular weight is 386 g/mol. The van der Waals surface area contributed by atoms with E-state index < -0.39 is 10.1 Å². The second-order valence-electron chi connectivity index (χ2n) is 6.20. The van der Waals surface area contributed by atoms with E-state index in [9.17, 15) is 17.8 Å². The van der Waals surface area contributed by atoms with Gasteiger partial charge in [0.2, 0.25) is 0 Å². The number of carbonyl (C=O) groups excluding carboxylic acids is 1. The number of hydrogen-bond donors (Lipinski definition) is 0. The maximum Gasteiger partial charge on any atom is 0.333 e. The summed E-state index contributed by atoms with van der Waals surface area (Å²) >= 11 is 0. The molecule has 1 aromatic carbocycles. The lowest BCUT2D eigenvalue weighted by Gasteiger charge is -2.35. The molecule has 0 aliphatic carbocycles. The molecule has 0 radical (unpaired) electrons. The van der Waals surface area contributed by atoms with E-state index in [1.165, 1.54) is 12.1 Å². The second kappa shape index (κ2) is 11.1. The van der Waals surface area contributed by atoms with E-state index in [-0.39, 0.29) is 10.9 Å². The first kappa shape index (κ1) is 24.3. The maximum absolute atomic E-state index is 11.2. The SMILES string of the molecule is C=C(C)C(=O)OCC[N+](CC)(CC)CC.Cc1ccc(S(=O)(=O)[O-])cc1. The summed E-state index contributed by atoms with van der Waals surface area (Å²) in [4.78, 5) is 11.0. The third-order valence-corrected chi connectivity index (χ3v) is 5.32. The van der Waals surface area contributed by atoms with E-state index in [4.69, 9.17) is 4.74 Å². The summed E-state index contributed by atoms with van der Waals surface area (Å²) in [5.74, 6) is -0.281. The molecule has 148 valence electrons. The highest BCUT2D eigenvalue weighted by Gasteiger charge is 2.20. The van der Waals surface area contributed by atoms with Gasteiger partial charge in [0.25, 0.3) is 0 Å². The van der Waals surface area contributed by atoms with E-state index >= 15 is 0 Å². The monoisotopic (exact) mass is 385 g/mol. The van der Waals surface area contributed by atoms with Crippen LogP contribution in [0.4, 0.5) is 0 Å². The van der Waals surface area contributed by atoms with E-state index in [0.717, 1.165) is 36.2 Å². The number of carbonyl (C=O) groups is 1. The van der Waals surface area contributed by atoms with E-state index in [2.05, 4.69) is 27.4 Å². The molecule has 0 saturated carbocycles. The number of esters is 1. The van der Waals surface area contributed by atoms with Gasteiger partial charge < -0.3 is 13.8 Å². The fourth-order valence-electron chi connectivity index (χ4n) is 2.31. The van der Waals surface area contributed by atoms with E-state index in [1.807, 2.05) is 6.92 Å². The molecule has 26 heavy (non-hydrogen) atoms. The van der Waals surface area contributed by atoms with Crippen molar-refractivity contribution in [2.45, 2.75) is 39.5 Å². The van der Waals surface area contributed by atoms with Crippen molar-refractivity contribution < 1.29 is 27.0 Å². The molecule has 0 saturated heterocycles. The first-order chi connectivity index (χ1) is 12.0. The number of aryl methyl sites for hydroxylation is 1. The number of likely N-dealkylation sites (N-methyl/N-ethyl adjacent to an activating group) is 1. The molecular weight excluding hydrogens is 354 g/mol. The van der Waals surface area contributed by atoms with Gasteiger partial charge in [-0.15, -0.1) is 0 Å². The first-order valence-electron chi connectivity index (χ1n) is 8.71. The van der Waals surface area contributed by atoms with Gasteiger partial charge in [0.05, 0.1) is 24.5 Å². The zero-order valence-corrected chi connectivity index (χ0v) is 17.3. The standard InChI is InChI=1S/C12H24NO2.C7H8O3S/c1-6-13(7-2,8-3)9-10-15-12(14)11(4)5;1-6-2-4-7(5-3-6)11(8,9)10/h4,6-10H2,1-3,5H3;2-5H,1H3,(H,8,9,10)/q+1;/p-1. The number of benzene rings is 1. The summed E-state index contributed by atoms with van der Waals surface area (Å²) in [7, 11) is -4.27. The number of rotatable bonds is 8. The van der Waals surface area contributed by atoms with Crippen LogP contribution in [-0.2, 0) is 19.6 Å². The predicted octanol–water partition coefficient (Wildman–Crippen LogP) is 2.88. The van der Waals surface area contributed by atoms with Crippen LogP contribution in [0.25, 0.3) is 0 Å². The quantitative estimate of drug-likeness (QED) is 0.297. The van der Waals surface area contributed by atoms with Crippen molar-refractivity contribution in [3.63, 3.8) is 0 Å². The molecule has 0 spiro atoms. The Kier molecular flexibility index (Phi) is 10.4. The molecule has 1 aromatic rings. The molecular formula is C19H31NO5S. The van der Waals surface area contributed by atoms with Gasteiger partial charge in [-0.1, -0.05) is 24.3 Å². The van der Waals surface area contributed by atoms with Crippen LogP contribution in [0.3, 0.4) is 0 Å². The van der Waals surface area contributed by atoms with Crippen molar-refractivity contribution in [3.05, 3.63) is 42.0 Å². The van der Waals surface area contributed by atoms with Gasteiger partial charge in [-0.2, -0.15) is 0 Å². The molecule has 0 amide bonds. The van der Waals surface area contributed by atoms with Crippen LogP contribution in [0.2, 0.25) is 0 Å². The minimum Gasteiger partial charge on any atom is -0.744 e. The molecule has 0 aromatic heterocycles. The van der Waals surface area contributed by atoms with Gasteiger partial charge in [-0.05, 0) is 46.8 Å². The third kappa shape index (κ3) is 8.60. The largest absolute Gasteiger partial charge is 0.744 e. The van der Waals surface area contributed by atoms with Gasteiger partial charge in [0.1, 0.15) is 23.3 Å². The Morgan fingerprint density at radius 2 is 1.58 bits per heavy atom. The van der Waals surface area contributed by atoms with Gasteiger partial charge in [0, 0.05) is 5.57 Å². The summed E-state index contributed by atoms with van der Waals surface area (Å²) in [5.41, 5.74) is 1.40. The highest BCUT2D eigenvalue weighted by atomic mass is 32.2. The van der Waals surface area contributed by atoms with Crippen LogP contribution in [0.5, 0.6) is 0 Å². The Morgan fingerprint density at radius 3 is 1.92 bits per heavy atom. The zero-order valence-electron chi connectivity index (χ0n) is 16.4. The lowest BCUT2D eigenvalue weighted by Crippen LogP contribution is -2.49.